The first-order valence-corrected chi connectivity index (χ1v) is 7.15. The van der Waals surface area contributed by atoms with E-state index in [4.69, 9.17) is 4.74 Å². The van der Waals surface area contributed by atoms with Crippen molar-refractivity contribution in [2.75, 3.05) is 45.3 Å². The summed E-state index contributed by atoms with van der Waals surface area (Å²) in [6.45, 7) is 6.06. The Labute approximate surface area is 116 Å². The molecule has 0 aliphatic carbocycles. The summed E-state index contributed by atoms with van der Waals surface area (Å²) in [4.78, 5) is 2.38. The van der Waals surface area contributed by atoms with Crippen LogP contribution < -0.4 is 10.2 Å². The summed E-state index contributed by atoms with van der Waals surface area (Å²) in [5, 5.41) is 3.36. The topological polar surface area (TPSA) is 24.5 Å². The lowest BCUT2D eigenvalue weighted by Gasteiger charge is -2.40. The third-order valence-electron chi connectivity index (χ3n) is 4.15. The lowest BCUT2D eigenvalue weighted by Crippen LogP contribution is -2.46. The van der Waals surface area contributed by atoms with Gasteiger partial charge in [0.15, 0.2) is 0 Å². The van der Waals surface area contributed by atoms with Crippen LogP contribution in [0.15, 0.2) is 24.3 Å². The standard InChI is InChI=1S/C16H26N2O/c1-14-4-6-15(7-5-14)18(3)13-16(12-17-2)8-10-19-11-9-16/h4-7,17H,8-13H2,1-3H3. The van der Waals surface area contributed by atoms with Gasteiger partial charge in [-0.25, -0.2) is 0 Å². The summed E-state index contributed by atoms with van der Waals surface area (Å²) >= 11 is 0. The van der Waals surface area contributed by atoms with E-state index in [2.05, 4.69) is 48.5 Å². The van der Waals surface area contributed by atoms with E-state index >= 15 is 0 Å². The van der Waals surface area contributed by atoms with Gasteiger partial charge in [-0.15, -0.1) is 0 Å². The Morgan fingerprint density at radius 1 is 1.21 bits per heavy atom. The summed E-state index contributed by atoms with van der Waals surface area (Å²) in [5.41, 5.74) is 2.95. The highest BCUT2D eigenvalue weighted by atomic mass is 16.5. The van der Waals surface area contributed by atoms with Crippen LogP contribution in [0.5, 0.6) is 0 Å². The molecule has 1 aromatic carbocycles. The SMILES string of the molecule is CNCC1(CN(C)c2ccc(C)cc2)CCOCC1. The van der Waals surface area contributed by atoms with E-state index in [9.17, 15) is 0 Å². The number of aryl methyl sites for hydroxylation is 1. The maximum absolute atomic E-state index is 5.53. The number of anilines is 1. The van der Waals surface area contributed by atoms with Crippen molar-refractivity contribution in [3.8, 4) is 0 Å². The second kappa shape index (κ2) is 6.40. The molecule has 0 bridgehead atoms. The van der Waals surface area contributed by atoms with E-state index in [1.807, 2.05) is 7.05 Å². The van der Waals surface area contributed by atoms with Gasteiger partial charge in [0.1, 0.15) is 0 Å². The van der Waals surface area contributed by atoms with Gasteiger partial charge in [0.2, 0.25) is 0 Å². The third-order valence-corrected chi connectivity index (χ3v) is 4.15. The van der Waals surface area contributed by atoms with Crippen molar-refractivity contribution in [2.45, 2.75) is 19.8 Å². The molecule has 0 aromatic heterocycles. The predicted octanol–water partition coefficient (Wildman–Crippen LogP) is 2.45. The van der Waals surface area contributed by atoms with Gasteiger partial charge in [0.25, 0.3) is 0 Å². The Balaban J connectivity index is 2.05. The van der Waals surface area contributed by atoms with Gasteiger partial charge < -0.3 is 15.0 Å². The van der Waals surface area contributed by atoms with Crippen molar-refractivity contribution >= 4 is 5.69 Å². The van der Waals surface area contributed by atoms with Crippen molar-refractivity contribution in [3.05, 3.63) is 29.8 Å². The van der Waals surface area contributed by atoms with E-state index in [-0.39, 0.29) is 0 Å². The van der Waals surface area contributed by atoms with E-state index < -0.39 is 0 Å². The van der Waals surface area contributed by atoms with Gasteiger partial charge in [0, 0.05) is 44.5 Å². The molecule has 0 saturated carbocycles. The van der Waals surface area contributed by atoms with Gasteiger partial charge in [0.05, 0.1) is 0 Å². The molecule has 1 heterocycles. The van der Waals surface area contributed by atoms with Crippen LogP contribution in [0.25, 0.3) is 0 Å². The van der Waals surface area contributed by atoms with Crippen LogP contribution in [-0.2, 0) is 4.74 Å². The average molecular weight is 262 g/mol. The molecule has 1 aromatic rings. The number of nitrogens with one attached hydrogen (secondary N) is 1. The molecule has 1 saturated heterocycles. The molecule has 1 fully saturated rings. The van der Waals surface area contributed by atoms with Crippen LogP contribution in [0.3, 0.4) is 0 Å². The van der Waals surface area contributed by atoms with Gasteiger partial charge in [-0.05, 0) is 38.9 Å². The molecule has 3 nitrogen and oxygen atoms in total. The lowest BCUT2D eigenvalue weighted by atomic mass is 9.79. The number of benzene rings is 1. The number of nitrogens with zero attached hydrogens (tertiary/aromatic N) is 1. The molecular weight excluding hydrogens is 236 g/mol. The van der Waals surface area contributed by atoms with Crippen LogP contribution in [0.1, 0.15) is 18.4 Å². The van der Waals surface area contributed by atoms with Crippen LogP contribution in [0.2, 0.25) is 0 Å². The number of rotatable bonds is 5. The first-order chi connectivity index (χ1) is 9.15. The van der Waals surface area contributed by atoms with Crippen molar-refractivity contribution in [2.24, 2.45) is 5.41 Å². The maximum atomic E-state index is 5.53. The normalized spacial score (nSPS) is 18.3. The second-order valence-electron chi connectivity index (χ2n) is 5.83. The molecule has 1 N–H and O–H groups in total. The summed E-state index contributed by atoms with van der Waals surface area (Å²) in [6, 6.07) is 8.78. The molecular formula is C16H26N2O. The zero-order valence-corrected chi connectivity index (χ0v) is 12.4. The van der Waals surface area contributed by atoms with Crippen molar-refractivity contribution in [1.82, 2.24) is 5.32 Å². The van der Waals surface area contributed by atoms with E-state index in [0.717, 1.165) is 39.1 Å². The molecule has 0 atom stereocenters. The minimum Gasteiger partial charge on any atom is -0.381 e. The highest BCUT2D eigenvalue weighted by molar-refractivity contribution is 5.47. The molecule has 0 spiro atoms. The molecule has 0 unspecified atom stereocenters. The quantitative estimate of drug-likeness (QED) is 0.882. The highest BCUT2D eigenvalue weighted by Crippen LogP contribution is 2.32. The van der Waals surface area contributed by atoms with Crippen molar-refractivity contribution in [1.29, 1.82) is 0 Å². The molecule has 2 rings (SSSR count). The largest absolute Gasteiger partial charge is 0.381 e. The maximum Gasteiger partial charge on any atom is 0.0472 e. The summed E-state index contributed by atoms with van der Waals surface area (Å²) in [7, 11) is 4.24. The number of hydrogen-bond acceptors (Lipinski definition) is 3. The fourth-order valence-corrected chi connectivity index (χ4v) is 2.96. The third kappa shape index (κ3) is 3.71. The zero-order chi connectivity index (χ0) is 13.7. The van der Waals surface area contributed by atoms with Gasteiger partial charge in [-0.3, -0.25) is 0 Å². The monoisotopic (exact) mass is 262 g/mol. The van der Waals surface area contributed by atoms with E-state index in [0.29, 0.717) is 5.41 Å². The lowest BCUT2D eigenvalue weighted by molar-refractivity contribution is 0.0197. The molecule has 1 aliphatic heterocycles. The van der Waals surface area contributed by atoms with Gasteiger partial charge in [-0.2, -0.15) is 0 Å². The number of ether oxygens (including phenoxy) is 1. The zero-order valence-electron chi connectivity index (χ0n) is 12.4. The summed E-state index contributed by atoms with van der Waals surface area (Å²) in [5.74, 6) is 0. The van der Waals surface area contributed by atoms with Gasteiger partial charge >= 0.3 is 0 Å². The van der Waals surface area contributed by atoms with Crippen molar-refractivity contribution < 1.29 is 4.74 Å². The molecule has 0 amide bonds. The van der Waals surface area contributed by atoms with Crippen LogP contribution in [0.4, 0.5) is 5.69 Å². The second-order valence-corrected chi connectivity index (χ2v) is 5.83. The minimum absolute atomic E-state index is 0.340. The first-order valence-electron chi connectivity index (χ1n) is 7.15. The summed E-state index contributed by atoms with van der Waals surface area (Å²) in [6.07, 6.45) is 2.29. The number of hydrogen-bond donors (Lipinski definition) is 1. The smallest absolute Gasteiger partial charge is 0.0472 e. The highest BCUT2D eigenvalue weighted by Gasteiger charge is 2.33. The molecule has 106 valence electrons. The van der Waals surface area contributed by atoms with Crippen LogP contribution >= 0.6 is 0 Å². The minimum atomic E-state index is 0.340. The molecule has 3 heteroatoms. The fourth-order valence-electron chi connectivity index (χ4n) is 2.96. The summed E-state index contributed by atoms with van der Waals surface area (Å²) < 4.78 is 5.53. The molecule has 0 radical (unpaired) electrons. The van der Waals surface area contributed by atoms with Crippen molar-refractivity contribution in [3.63, 3.8) is 0 Å². The molecule has 19 heavy (non-hydrogen) atoms. The fraction of sp³-hybridized carbons (Fsp3) is 0.625. The van der Waals surface area contributed by atoms with Crippen LogP contribution in [-0.4, -0.2) is 40.4 Å². The van der Waals surface area contributed by atoms with E-state index in [1.165, 1.54) is 11.3 Å². The Kier molecular flexibility index (Phi) is 4.83. The Morgan fingerprint density at radius 2 is 1.84 bits per heavy atom. The van der Waals surface area contributed by atoms with Gasteiger partial charge in [-0.1, -0.05) is 17.7 Å². The Hall–Kier alpha value is -1.06. The van der Waals surface area contributed by atoms with Crippen LogP contribution in [0, 0.1) is 12.3 Å². The first kappa shape index (κ1) is 14.4. The van der Waals surface area contributed by atoms with E-state index in [1.54, 1.807) is 0 Å². The molecule has 1 aliphatic rings. The Morgan fingerprint density at radius 3 is 2.42 bits per heavy atom. The average Bonchev–Trinajstić information content (AvgIpc) is 2.40. The Bertz CT molecular complexity index is 377. The predicted molar refractivity (Wildman–Crippen MR) is 80.9 cm³/mol.